The maximum absolute atomic E-state index is 11.6. The first-order chi connectivity index (χ1) is 8.06. The SMILES string of the molecule is COCCCC(N)C(=O)NC(C(=O)O)C1CC1. The summed E-state index contributed by atoms with van der Waals surface area (Å²) >= 11 is 0. The van der Waals surface area contributed by atoms with Gasteiger partial charge in [0.1, 0.15) is 6.04 Å². The van der Waals surface area contributed by atoms with E-state index < -0.39 is 18.1 Å². The molecule has 1 aliphatic carbocycles. The van der Waals surface area contributed by atoms with Crippen molar-refractivity contribution in [2.75, 3.05) is 13.7 Å². The first kappa shape index (κ1) is 13.9. The smallest absolute Gasteiger partial charge is 0.326 e. The molecule has 0 aromatic rings. The van der Waals surface area contributed by atoms with Crippen LogP contribution in [-0.2, 0) is 14.3 Å². The van der Waals surface area contributed by atoms with Gasteiger partial charge in [-0.1, -0.05) is 0 Å². The van der Waals surface area contributed by atoms with Crippen LogP contribution in [0.1, 0.15) is 25.7 Å². The Morgan fingerprint density at radius 1 is 1.53 bits per heavy atom. The average molecular weight is 244 g/mol. The second-order valence-corrected chi connectivity index (χ2v) is 4.40. The van der Waals surface area contributed by atoms with Crippen LogP contribution in [0.15, 0.2) is 0 Å². The minimum absolute atomic E-state index is 0.0719. The van der Waals surface area contributed by atoms with Gasteiger partial charge >= 0.3 is 5.97 Å². The van der Waals surface area contributed by atoms with Crippen molar-refractivity contribution >= 4 is 11.9 Å². The lowest BCUT2D eigenvalue weighted by Crippen LogP contribution is -2.49. The molecule has 0 saturated heterocycles. The van der Waals surface area contributed by atoms with Crippen molar-refractivity contribution in [1.82, 2.24) is 5.32 Å². The Morgan fingerprint density at radius 3 is 2.65 bits per heavy atom. The van der Waals surface area contributed by atoms with Crippen LogP contribution < -0.4 is 11.1 Å². The Bertz CT molecular complexity index is 279. The summed E-state index contributed by atoms with van der Waals surface area (Å²) in [6.07, 6.45) is 2.90. The zero-order chi connectivity index (χ0) is 12.8. The molecule has 1 rings (SSSR count). The third-order valence-corrected chi connectivity index (χ3v) is 2.86. The van der Waals surface area contributed by atoms with Crippen molar-refractivity contribution in [3.63, 3.8) is 0 Å². The summed E-state index contributed by atoms with van der Waals surface area (Å²) in [4.78, 5) is 22.6. The Balaban J connectivity index is 2.32. The van der Waals surface area contributed by atoms with E-state index in [1.165, 1.54) is 0 Å². The monoisotopic (exact) mass is 244 g/mol. The van der Waals surface area contributed by atoms with Gasteiger partial charge in [0.25, 0.3) is 0 Å². The van der Waals surface area contributed by atoms with Gasteiger partial charge in [-0.2, -0.15) is 0 Å². The highest BCUT2D eigenvalue weighted by molar-refractivity contribution is 5.87. The number of carbonyl (C=O) groups is 2. The quantitative estimate of drug-likeness (QED) is 0.510. The molecular formula is C11H20N2O4. The predicted molar refractivity (Wildman–Crippen MR) is 61.4 cm³/mol. The highest BCUT2D eigenvalue weighted by Crippen LogP contribution is 2.32. The van der Waals surface area contributed by atoms with Gasteiger partial charge in [-0.05, 0) is 31.6 Å². The molecule has 0 aliphatic heterocycles. The highest BCUT2D eigenvalue weighted by atomic mass is 16.5. The number of carbonyl (C=O) groups excluding carboxylic acids is 1. The van der Waals surface area contributed by atoms with Crippen molar-refractivity contribution in [3.8, 4) is 0 Å². The van der Waals surface area contributed by atoms with Crippen LogP contribution in [0.25, 0.3) is 0 Å². The molecule has 17 heavy (non-hydrogen) atoms. The molecule has 0 radical (unpaired) electrons. The fourth-order valence-electron chi connectivity index (χ4n) is 1.65. The number of ether oxygens (including phenoxy) is 1. The number of hydrogen-bond acceptors (Lipinski definition) is 4. The number of nitrogens with two attached hydrogens (primary N) is 1. The van der Waals surface area contributed by atoms with E-state index in [1.54, 1.807) is 7.11 Å². The van der Waals surface area contributed by atoms with E-state index in [1.807, 2.05) is 0 Å². The summed E-state index contributed by atoms with van der Waals surface area (Å²) in [7, 11) is 1.58. The number of carboxylic acid groups (broad SMARTS) is 1. The van der Waals surface area contributed by atoms with Crippen LogP contribution in [0.4, 0.5) is 0 Å². The second kappa shape index (κ2) is 6.56. The molecule has 98 valence electrons. The number of hydrogen-bond donors (Lipinski definition) is 3. The molecular weight excluding hydrogens is 224 g/mol. The number of nitrogens with one attached hydrogen (secondary N) is 1. The lowest BCUT2D eigenvalue weighted by atomic mass is 10.1. The van der Waals surface area contributed by atoms with Crippen molar-refractivity contribution < 1.29 is 19.4 Å². The Labute approximate surface area is 101 Å². The van der Waals surface area contributed by atoms with E-state index >= 15 is 0 Å². The number of aliphatic carboxylic acids is 1. The lowest BCUT2D eigenvalue weighted by Gasteiger charge is -2.17. The van der Waals surface area contributed by atoms with Crippen LogP contribution in [0, 0.1) is 5.92 Å². The molecule has 6 heteroatoms. The fraction of sp³-hybridized carbons (Fsp3) is 0.818. The Morgan fingerprint density at radius 2 is 2.18 bits per heavy atom. The molecule has 0 bridgehead atoms. The highest BCUT2D eigenvalue weighted by Gasteiger charge is 2.37. The van der Waals surface area contributed by atoms with E-state index in [4.69, 9.17) is 15.6 Å². The summed E-state index contributed by atoms with van der Waals surface area (Å²) in [5.41, 5.74) is 5.67. The summed E-state index contributed by atoms with van der Waals surface area (Å²) in [6, 6.07) is -1.44. The molecule has 0 aromatic heterocycles. The molecule has 6 nitrogen and oxygen atoms in total. The van der Waals surface area contributed by atoms with Gasteiger partial charge in [0.05, 0.1) is 6.04 Å². The Hall–Kier alpha value is -1.14. The van der Waals surface area contributed by atoms with E-state index in [0.717, 1.165) is 12.8 Å². The molecule has 1 amide bonds. The van der Waals surface area contributed by atoms with Crippen molar-refractivity contribution in [3.05, 3.63) is 0 Å². The summed E-state index contributed by atoms with van der Waals surface area (Å²) in [5.74, 6) is -1.30. The lowest BCUT2D eigenvalue weighted by molar-refractivity contribution is -0.142. The third kappa shape index (κ3) is 4.70. The molecule has 0 heterocycles. The van der Waals surface area contributed by atoms with Gasteiger partial charge in [-0.15, -0.1) is 0 Å². The van der Waals surface area contributed by atoms with E-state index in [9.17, 15) is 9.59 Å². The third-order valence-electron chi connectivity index (χ3n) is 2.86. The first-order valence-electron chi connectivity index (χ1n) is 5.84. The predicted octanol–water partition coefficient (Wildman–Crippen LogP) is -0.280. The number of carboxylic acids is 1. The molecule has 0 spiro atoms. The van der Waals surface area contributed by atoms with E-state index in [-0.39, 0.29) is 11.8 Å². The maximum Gasteiger partial charge on any atom is 0.326 e. The van der Waals surface area contributed by atoms with Crippen LogP contribution >= 0.6 is 0 Å². The zero-order valence-electron chi connectivity index (χ0n) is 10.0. The fourth-order valence-corrected chi connectivity index (χ4v) is 1.65. The molecule has 2 unspecified atom stereocenters. The molecule has 0 aromatic carbocycles. The summed E-state index contributed by atoms with van der Waals surface area (Å²) in [5, 5.41) is 11.5. The first-order valence-corrected chi connectivity index (χ1v) is 5.84. The number of methoxy groups -OCH3 is 1. The van der Waals surface area contributed by atoms with Crippen LogP contribution in [0.3, 0.4) is 0 Å². The van der Waals surface area contributed by atoms with Crippen LogP contribution in [0.2, 0.25) is 0 Å². The molecule has 2 atom stereocenters. The largest absolute Gasteiger partial charge is 0.480 e. The van der Waals surface area contributed by atoms with Gasteiger partial charge in [0.15, 0.2) is 0 Å². The molecule has 1 saturated carbocycles. The topological polar surface area (TPSA) is 102 Å². The van der Waals surface area contributed by atoms with E-state index in [2.05, 4.69) is 5.32 Å². The minimum Gasteiger partial charge on any atom is -0.480 e. The summed E-state index contributed by atoms with van der Waals surface area (Å²) < 4.78 is 4.86. The van der Waals surface area contributed by atoms with Gasteiger partial charge in [0.2, 0.25) is 5.91 Å². The molecule has 4 N–H and O–H groups in total. The van der Waals surface area contributed by atoms with Crippen LogP contribution in [0.5, 0.6) is 0 Å². The van der Waals surface area contributed by atoms with Crippen molar-refractivity contribution in [2.24, 2.45) is 11.7 Å². The molecule has 1 aliphatic rings. The summed E-state index contributed by atoms with van der Waals surface area (Å²) in [6.45, 7) is 0.548. The van der Waals surface area contributed by atoms with Crippen molar-refractivity contribution in [2.45, 2.75) is 37.8 Å². The minimum atomic E-state index is -0.982. The zero-order valence-corrected chi connectivity index (χ0v) is 10.0. The Kier molecular flexibility index (Phi) is 5.37. The average Bonchev–Trinajstić information content (AvgIpc) is 3.09. The number of amides is 1. The second-order valence-electron chi connectivity index (χ2n) is 4.40. The van der Waals surface area contributed by atoms with Crippen molar-refractivity contribution in [1.29, 1.82) is 0 Å². The maximum atomic E-state index is 11.6. The standard InChI is InChI=1S/C11H20N2O4/c1-17-6-2-3-8(12)10(14)13-9(11(15)16)7-4-5-7/h7-9H,2-6,12H2,1H3,(H,13,14)(H,15,16). The van der Waals surface area contributed by atoms with E-state index in [0.29, 0.717) is 19.4 Å². The van der Waals surface area contributed by atoms with Gasteiger partial charge in [-0.3, -0.25) is 4.79 Å². The number of rotatable bonds is 8. The van der Waals surface area contributed by atoms with Crippen LogP contribution in [-0.4, -0.2) is 42.8 Å². The van der Waals surface area contributed by atoms with Gasteiger partial charge in [0, 0.05) is 13.7 Å². The molecule has 1 fully saturated rings. The normalized spacial score (nSPS) is 18.5. The van der Waals surface area contributed by atoms with Gasteiger partial charge < -0.3 is 20.9 Å². The van der Waals surface area contributed by atoms with Gasteiger partial charge in [-0.25, -0.2) is 4.79 Å².